The van der Waals surface area contributed by atoms with Gasteiger partial charge in [-0.25, -0.2) is 0 Å². The summed E-state index contributed by atoms with van der Waals surface area (Å²) in [5.41, 5.74) is 0.502. The fourth-order valence-electron chi connectivity index (χ4n) is 8.64. The number of rotatable bonds is 16. The molecule has 4 unspecified atom stereocenters. The molecule has 3 saturated heterocycles. The number of hydrogen-bond acceptors (Lipinski definition) is 17. The van der Waals surface area contributed by atoms with Crippen molar-refractivity contribution in [3.63, 3.8) is 0 Å². The molecule has 0 spiro atoms. The third-order valence-electron chi connectivity index (χ3n) is 11.9. The second-order valence-electron chi connectivity index (χ2n) is 17.1. The first kappa shape index (κ1) is 50.1. The van der Waals surface area contributed by atoms with Gasteiger partial charge in [0.05, 0.1) is 0 Å². The van der Waals surface area contributed by atoms with Gasteiger partial charge in [-0.1, -0.05) is 0 Å². The average molecular weight is 868 g/mol. The van der Waals surface area contributed by atoms with Crippen LogP contribution in [0, 0.1) is 0 Å². The van der Waals surface area contributed by atoms with E-state index in [1.165, 1.54) is 0 Å². The summed E-state index contributed by atoms with van der Waals surface area (Å²) < 4.78 is 33.8. The quantitative estimate of drug-likeness (QED) is 0.174. The standard InChI is InChI=1S/C35H77N13O4P4/c1-39(2)33(40(3)4)21-24-53(45(13)14)30(33)36-56(48(19)20,52-29(51)28(50)27-49,37-31-34(41(5)6,42(7)8)22-25-54(31)46(15)16)38-32-35(43(9)10,44(11)12)23-26-55(32)47(17)18/h28,49-50H,21-27H2,1-20H3. The summed E-state index contributed by atoms with van der Waals surface area (Å²) in [4.78, 5) is 27.9. The SMILES string of the molecule is CN(C)P1CCC(N(C)C)(N(C)C)C1=NP(N=C1P(N(C)C)CCC1(N(C)C)N(C)C)(N=C1P(N(C)C)CCC1(N(C)C)N(C)C)(OC(=O)C(O)CO)N(C)C. The van der Waals surface area contributed by atoms with Gasteiger partial charge in [-0.15, -0.1) is 0 Å². The summed E-state index contributed by atoms with van der Waals surface area (Å²) in [5, 5.41) is 21.5. The Balaban J connectivity index is 2.99. The van der Waals surface area contributed by atoms with Gasteiger partial charge in [0.15, 0.2) is 0 Å². The van der Waals surface area contributed by atoms with E-state index in [-0.39, 0.29) is 0 Å². The Hall–Kier alpha value is -0.280. The zero-order valence-corrected chi connectivity index (χ0v) is 41.9. The minimum atomic E-state index is -5.33. The maximum absolute atomic E-state index is 14.6. The molecule has 3 rings (SSSR count). The van der Waals surface area contributed by atoms with Crippen molar-refractivity contribution in [2.45, 2.75) is 42.4 Å². The van der Waals surface area contributed by atoms with Crippen molar-refractivity contribution in [1.29, 1.82) is 0 Å². The first-order valence-corrected chi connectivity index (χ1v) is 25.6. The van der Waals surface area contributed by atoms with Crippen molar-refractivity contribution in [2.24, 2.45) is 14.3 Å². The first-order chi connectivity index (χ1) is 25.7. The van der Waals surface area contributed by atoms with Gasteiger partial charge in [0.2, 0.25) is 0 Å². The molecule has 17 nitrogen and oxygen atoms in total. The molecule has 0 aliphatic carbocycles. The number of aliphatic hydroxyl groups excluding tert-OH is 2. The van der Waals surface area contributed by atoms with Gasteiger partial charge in [-0.05, 0) is 0 Å². The van der Waals surface area contributed by atoms with Gasteiger partial charge in [0.1, 0.15) is 0 Å². The van der Waals surface area contributed by atoms with Crippen LogP contribution in [0.15, 0.2) is 14.3 Å². The van der Waals surface area contributed by atoms with Crippen molar-refractivity contribution in [2.75, 3.05) is 166 Å². The van der Waals surface area contributed by atoms with Gasteiger partial charge in [-0.2, -0.15) is 0 Å². The van der Waals surface area contributed by atoms with Crippen LogP contribution in [0.5, 0.6) is 0 Å². The minimum absolute atomic E-state index is 0.679. The van der Waals surface area contributed by atoms with E-state index >= 15 is 0 Å². The van der Waals surface area contributed by atoms with Crippen molar-refractivity contribution in [3.8, 4) is 0 Å². The molecule has 3 heterocycles. The van der Waals surface area contributed by atoms with E-state index in [0.29, 0.717) is 0 Å². The predicted octanol–water partition coefficient (Wildman–Crippen LogP) is 2.31. The number of nitrogens with zero attached hydrogens (tertiary/aromatic N) is 13. The van der Waals surface area contributed by atoms with E-state index in [2.05, 4.69) is 170 Å². The maximum atomic E-state index is 14.6. The molecule has 2 N–H and O–H groups in total. The third kappa shape index (κ3) is 8.35. The van der Waals surface area contributed by atoms with Crippen LogP contribution in [0.3, 0.4) is 0 Å². The number of carbonyl (C=O) groups excluding carboxylic acids is 1. The average Bonchev–Trinajstić information content (AvgIpc) is 3.77. The van der Waals surface area contributed by atoms with E-state index in [1.54, 1.807) is 0 Å². The Morgan fingerprint density at radius 1 is 0.571 bits per heavy atom. The molecule has 0 amide bonds. The Labute approximate surface area is 343 Å². The second kappa shape index (κ2) is 18.4. The topological polar surface area (TPSA) is 136 Å². The van der Waals surface area contributed by atoms with Gasteiger partial charge < -0.3 is 0 Å². The van der Waals surface area contributed by atoms with Crippen molar-refractivity contribution in [1.82, 2.24) is 48.1 Å². The molecule has 21 heteroatoms. The summed E-state index contributed by atoms with van der Waals surface area (Å²) in [6, 6.07) is 0. The Morgan fingerprint density at radius 2 is 0.821 bits per heavy atom. The van der Waals surface area contributed by atoms with E-state index in [0.717, 1.165) is 54.1 Å². The van der Waals surface area contributed by atoms with Crippen LogP contribution in [0.1, 0.15) is 19.3 Å². The number of hydrogen-bond donors (Lipinski definition) is 2. The summed E-state index contributed by atoms with van der Waals surface area (Å²) in [7, 11) is 32.7. The predicted molar refractivity (Wildman–Crippen MR) is 243 cm³/mol. The van der Waals surface area contributed by atoms with Crippen LogP contribution in [0.2, 0.25) is 0 Å². The van der Waals surface area contributed by atoms with Gasteiger partial charge in [0.25, 0.3) is 0 Å². The number of aliphatic hydroxyl groups is 2. The van der Waals surface area contributed by atoms with E-state index in [4.69, 9.17) is 18.8 Å². The van der Waals surface area contributed by atoms with Crippen LogP contribution in [0.4, 0.5) is 0 Å². The fourth-order valence-corrected chi connectivity index (χ4v) is 21.5. The second-order valence-corrected chi connectivity index (χ2v) is 27.8. The number of carbonyl (C=O) groups is 1. The van der Waals surface area contributed by atoms with Crippen molar-refractivity contribution in [3.05, 3.63) is 0 Å². The van der Waals surface area contributed by atoms with Gasteiger partial charge in [-0.3, -0.25) is 0 Å². The van der Waals surface area contributed by atoms with Crippen LogP contribution < -0.4 is 0 Å². The summed E-state index contributed by atoms with van der Waals surface area (Å²) >= 11 is 0. The van der Waals surface area contributed by atoms with Crippen molar-refractivity contribution >= 4 is 54.0 Å². The Morgan fingerprint density at radius 3 is 1.00 bits per heavy atom. The molecule has 0 aromatic carbocycles. The molecule has 326 valence electrons. The van der Waals surface area contributed by atoms with E-state index in [1.807, 2.05) is 18.8 Å². The van der Waals surface area contributed by atoms with Gasteiger partial charge >= 0.3 is 344 Å². The monoisotopic (exact) mass is 868 g/mol. The first-order valence-electron chi connectivity index (χ1n) is 19.1. The molecule has 0 radical (unpaired) electrons. The Kier molecular flexibility index (Phi) is 16.4. The molecule has 3 fully saturated rings. The molecular formula is C35H77N13O4P4. The van der Waals surface area contributed by atoms with E-state index < -0.39 is 67.3 Å². The molecule has 3 aliphatic rings. The molecule has 0 aromatic heterocycles. The van der Waals surface area contributed by atoms with Crippen molar-refractivity contribution < 1.29 is 19.5 Å². The molecule has 3 aliphatic heterocycles. The summed E-state index contributed by atoms with van der Waals surface area (Å²) in [5.74, 6) is -1.01. The zero-order valence-electron chi connectivity index (χ0n) is 38.3. The normalized spacial score (nSPS) is 27.7. The molecular weight excluding hydrogens is 790 g/mol. The molecule has 0 bridgehead atoms. The van der Waals surface area contributed by atoms with E-state index in [9.17, 15) is 15.0 Å². The third-order valence-corrected chi connectivity index (χ3v) is 23.6. The molecule has 0 aromatic rings. The molecule has 56 heavy (non-hydrogen) atoms. The molecule has 4 atom stereocenters. The Bertz CT molecular complexity index is 1320. The van der Waals surface area contributed by atoms with Crippen LogP contribution in [-0.4, -0.2) is 270 Å². The fraction of sp³-hybridized carbons (Fsp3) is 0.886. The molecule has 0 saturated carbocycles. The zero-order chi connectivity index (χ0) is 43.1. The van der Waals surface area contributed by atoms with Crippen LogP contribution in [0.25, 0.3) is 0 Å². The summed E-state index contributed by atoms with van der Waals surface area (Å²) in [6.07, 6.45) is 3.07. The van der Waals surface area contributed by atoms with Crippen LogP contribution >= 0.6 is 31.7 Å². The van der Waals surface area contributed by atoms with Crippen LogP contribution in [-0.2, 0) is 9.32 Å². The van der Waals surface area contributed by atoms with Gasteiger partial charge in [0, 0.05) is 0 Å². The summed E-state index contributed by atoms with van der Waals surface area (Å²) in [6.45, 7) is -0.820.